The van der Waals surface area contributed by atoms with Crippen molar-refractivity contribution in [1.29, 1.82) is 0 Å². The lowest BCUT2D eigenvalue weighted by Gasteiger charge is -2.39. The van der Waals surface area contributed by atoms with Gasteiger partial charge in [-0.15, -0.1) is 0 Å². The van der Waals surface area contributed by atoms with E-state index >= 15 is 0 Å². The fourth-order valence-corrected chi connectivity index (χ4v) is 6.47. The number of hydrogen-bond donors (Lipinski definition) is 0. The van der Waals surface area contributed by atoms with E-state index in [9.17, 15) is 0 Å². The van der Waals surface area contributed by atoms with Crippen molar-refractivity contribution in [3.63, 3.8) is 0 Å². The zero-order valence-electron chi connectivity index (χ0n) is 16.8. The molecule has 0 spiro atoms. The molecule has 0 saturated heterocycles. The summed E-state index contributed by atoms with van der Waals surface area (Å²) in [6, 6.07) is 1.60. The lowest BCUT2D eigenvalue weighted by Crippen LogP contribution is -2.26. The van der Waals surface area contributed by atoms with Crippen LogP contribution in [0.1, 0.15) is 96.3 Å². The average Bonchev–Trinajstić information content (AvgIpc) is 2.64. The average molecular weight is 353 g/mol. The Labute approximate surface area is 154 Å². The van der Waals surface area contributed by atoms with Gasteiger partial charge < -0.3 is 4.74 Å². The fourth-order valence-electron chi connectivity index (χ4n) is 5.49. The minimum Gasteiger partial charge on any atom is -0.385 e. The molecule has 0 radical (unpaired) electrons. The molecule has 24 heavy (non-hydrogen) atoms. The van der Waals surface area contributed by atoms with Crippen molar-refractivity contribution < 1.29 is 4.74 Å². The third-order valence-electron chi connectivity index (χ3n) is 7.23. The monoisotopic (exact) mass is 352 g/mol. The summed E-state index contributed by atoms with van der Waals surface area (Å²) in [6.45, 7) is 3.43. The van der Waals surface area contributed by atoms with Gasteiger partial charge in [0.1, 0.15) is 0 Å². The lowest BCUT2D eigenvalue weighted by molar-refractivity contribution is 0.122. The largest absolute Gasteiger partial charge is 0.385 e. The van der Waals surface area contributed by atoms with Gasteiger partial charge in [-0.3, -0.25) is 0 Å². The summed E-state index contributed by atoms with van der Waals surface area (Å²) in [5.74, 6) is 2.17. The normalized spacial score (nSPS) is 27.8. The molecule has 2 heteroatoms. The van der Waals surface area contributed by atoms with Crippen LogP contribution in [0.25, 0.3) is 0 Å². The Morgan fingerprint density at radius 1 is 0.875 bits per heavy atom. The Balaban J connectivity index is 1.70. The van der Waals surface area contributed by atoms with Crippen LogP contribution in [0.3, 0.4) is 0 Å². The Morgan fingerprint density at radius 3 is 2.17 bits per heavy atom. The molecule has 0 aromatic rings. The predicted octanol–water partition coefficient (Wildman–Crippen LogP) is 6.37. The minimum atomic E-state index is 0.304. The Bertz CT molecular complexity index is 303. The highest BCUT2D eigenvalue weighted by Gasteiger charge is 2.32. The number of rotatable bonds is 11. The highest BCUT2D eigenvalue weighted by molar-refractivity contribution is 6.33. The van der Waals surface area contributed by atoms with Gasteiger partial charge in [0.15, 0.2) is 0 Å². The molecule has 0 unspecified atom stereocenters. The maximum atomic E-state index is 5.26. The lowest BCUT2D eigenvalue weighted by atomic mass is 9.66. The van der Waals surface area contributed by atoms with Gasteiger partial charge in [0.05, 0.1) is 0 Å². The molecule has 0 heterocycles. The molecular weight excluding hydrogens is 308 g/mol. The van der Waals surface area contributed by atoms with Gasteiger partial charge in [-0.2, -0.15) is 0 Å². The molecule has 0 N–H and O–H groups in total. The Morgan fingerprint density at radius 2 is 1.54 bits per heavy atom. The molecular formula is C22H44OSi. The van der Waals surface area contributed by atoms with Crippen molar-refractivity contribution in [3.05, 3.63) is 0 Å². The van der Waals surface area contributed by atoms with Crippen LogP contribution in [0, 0.1) is 17.3 Å². The highest BCUT2D eigenvalue weighted by Crippen LogP contribution is 2.46. The van der Waals surface area contributed by atoms with Crippen molar-refractivity contribution in [3.8, 4) is 0 Å². The standard InChI is InChI=1S/C22H44OSi/c1-23-18-7-6-16-22(14-4-3-5-15-22)17-12-20-8-10-21(11-9-20)13-19-24-2/h20-21H,3-19,24H2,1-2H3/t20-,21-. The van der Waals surface area contributed by atoms with Gasteiger partial charge >= 0.3 is 0 Å². The van der Waals surface area contributed by atoms with Crippen LogP contribution in [-0.2, 0) is 4.74 Å². The molecule has 2 fully saturated rings. The van der Waals surface area contributed by atoms with E-state index in [4.69, 9.17) is 4.74 Å². The molecule has 1 nitrogen and oxygen atoms in total. The van der Waals surface area contributed by atoms with E-state index < -0.39 is 0 Å². The van der Waals surface area contributed by atoms with Crippen molar-refractivity contribution in [2.75, 3.05) is 13.7 Å². The molecule has 142 valence electrons. The van der Waals surface area contributed by atoms with E-state index in [1.54, 1.807) is 44.6 Å². The summed E-state index contributed by atoms with van der Waals surface area (Å²) in [7, 11) is 2.15. The van der Waals surface area contributed by atoms with E-state index in [-0.39, 0.29) is 0 Å². The maximum Gasteiger partial charge on any atom is 0.0462 e. The molecule has 2 aliphatic carbocycles. The van der Waals surface area contributed by atoms with E-state index in [2.05, 4.69) is 6.55 Å². The third kappa shape index (κ3) is 7.20. The molecule has 0 bridgehead atoms. The first-order chi connectivity index (χ1) is 11.8. The molecule has 0 atom stereocenters. The molecule has 0 aromatic carbocycles. The summed E-state index contributed by atoms with van der Waals surface area (Å²) in [6.07, 6.45) is 22.5. The second kappa shape index (κ2) is 11.7. The molecule has 2 aliphatic rings. The van der Waals surface area contributed by atoms with Gasteiger partial charge in [0, 0.05) is 23.2 Å². The van der Waals surface area contributed by atoms with Crippen molar-refractivity contribution in [1.82, 2.24) is 0 Å². The first kappa shape index (κ1) is 20.5. The van der Waals surface area contributed by atoms with Crippen LogP contribution < -0.4 is 0 Å². The van der Waals surface area contributed by atoms with Crippen LogP contribution in [0.4, 0.5) is 0 Å². The van der Waals surface area contributed by atoms with Gasteiger partial charge in [0.25, 0.3) is 0 Å². The van der Waals surface area contributed by atoms with Crippen molar-refractivity contribution in [2.45, 2.75) is 109 Å². The van der Waals surface area contributed by atoms with Crippen LogP contribution in [0.2, 0.25) is 12.6 Å². The van der Waals surface area contributed by atoms with E-state index in [0.29, 0.717) is 9.52 Å². The smallest absolute Gasteiger partial charge is 0.0462 e. The number of methoxy groups -OCH3 is 1. The number of unbranched alkanes of at least 4 members (excludes halogenated alkanes) is 1. The third-order valence-corrected chi connectivity index (χ3v) is 8.35. The predicted molar refractivity (Wildman–Crippen MR) is 110 cm³/mol. The zero-order valence-corrected chi connectivity index (χ0v) is 18.2. The molecule has 0 amide bonds. The zero-order chi connectivity index (χ0) is 17.1. The first-order valence-electron chi connectivity index (χ1n) is 11.3. The topological polar surface area (TPSA) is 9.23 Å². The first-order valence-corrected chi connectivity index (χ1v) is 13.7. The van der Waals surface area contributed by atoms with Crippen LogP contribution in [0.5, 0.6) is 0 Å². The summed E-state index contributed by atoms with van der Waals surface area (Å²) in [4.78, 5) is 0. The van der Waals surface area contributed by atoms with Gasteiger partial charge in [0.2, 0.25) is 0 Å². The van der Waals surface area contributed by atoms with E-state index in [0.717, 1.165) is 23.9 Å². The van der Waals surface area contributed by atoms with Gasteiger partial charge in [-0.25, -0.2) is 0 Å². The van der Waals surface area contributed by atoms with Crippen molar-refractivity contribution >= 4 is 9.52 Å². The molecule has 2 rings (SSSR count). The quantitative estimate of drug-likeness (QED) is 0.310. The van der Waals surface area contributed by atoms with E-state index in [1.807, 2.05) is 7.11 Å². The Hall–Kier alpha value is 0.177. The Kier molecular flexibility index (Phi) is 10.0. The maximum absolute atomic E-state index is 5.26. The summed E-state index contributed by atoms with van der Waals surface area (Å²) in [5.41, 5.74) is 0.719. The van der Waals surface area contributed by atoms with E-state index in [1.165, 1.54) is 57.8 Å². The fraction of sp³-hybridized carbons (Fsp3) is 1.00. The molecule has 0 aliphatic heterocycles. The highest BCUT2D eigenvalue weighted by atomic mass is 28.2. The minimum absolute atomic E-state index is 0.304. The van der Waals surface area contributed by atoms with Crippen LogP contribution in [0.15, 0.2) is 0 Å². The SMILES string of the molecule is COCCCCC1(CC[C@H]2CC[C@H](CC[SiH2]C)CC2)CCCCC1. The number of ether oxygens (including phenoxy) is 1. The number of hydrogen-bond acceptors (Lipinski definition) is 1. The summed E-state index contributed by atoms with van der Waals surface area (Å²) in [5, 5.41) is 0. The van der Waals surface area contributed by atoms with Gasteiger partial charge in [-0.1, -0.05) is 70.4 Å². The summed E-state index contributed by atoms with van der Waals surface area (Å²) >= 11 is 0. The molecule has 0 aromatic heterocycles. The second-order valence-electron chi connectivity index (χ2n) is 9.08. The van der Waals surface area contributed by atoms with Crippen LogP contribution in [-0.4, -0.2) is 23.2 Å². The second-order valence-corrected chi connectivity index (χ2v) is 10.8. The van der Waals surface area contributed by atoms with Crippen molar-refractivity contribution in [2.24, 2.45) is 17.3 Å². The van der Waals surface area contributed by atoms with Gasteiger partial charge in [-0.05, 0) is 55.8 Å². The molecule has 2 saturated carbocycles. The van der Waals surface area contributed by atoms with Crippen LogP contribution >= 0.6 is 0 Å². The summed E-state index contributed by atoms with van der Waals surface area (Å²) < 4.78 is 5.26.